The maximum atomic E-state index is 4.35. The van der Waals surface area contributed by atoms with Crippen LogP contribution in [0.1, 0.15) is 37.1 Å². The molecular weight excluding hydrogens is 136 g/mol. The fourth-order valence-electron chi connectivity index (χ4n) is 1.76. The Morgan fingerprint density at radius 3 is 3.09 bits per heavy atom. The molecule has 1 aliphatic carbocycles. The average molecular weight is 148 g/mol. The lowest BCUT2D eigenvalue weighted by Gasteiger charge is -2.04. The van der Waals surface area contributed by atoms with E-state index in [4.69, 9.17) is 0 Å². The Kier molecular flexibility index (Phi) is 1.60. The van der Waals surface area contributed by atoms with Crippen molar-refractivity contribution in [1.82, 2.24) is 9.97 Å². The second-order valence-corrected chi connectivity index (χ2v) is 3.03. The molecule has 0 spiro atoms. The molecule has 1 aromatic rings. The predicted octanol–water partition coefficient (Wildman–Crippen LogP) is 1.92. The van der Waals surface area contributed by atoms with Crippen LogP contribution in [0, 0.1) is 0 Å². The van der Waals surface area contributed by atoms with Crippen LogP contribution in [0.5, 0.6) is 0 Å². The van der Waals surface area contributed by atoms with Gasteiger partial charge in [-0.1, -0.05) is 6.92 Å². The first-order valence-electron chi connectivity index (χ1n) is 4.21. The van der Waals surface area contributed by atoms with Crippen molar-refractivity contribution in [2.75, 3.05) is 0 Å². The zero-order valence-corrected chi connectivity index (χ0v) is 6.75. The van der Waals surface area contributed by atoms with E-state index in [0.29, 0.717) is 5.92 Å². The van der Waals surface area contributed by atoms with Crippen LogP contribution in [0.25, 0.3) is 0 Å². The molecule has 2 nitrogen and oxygen atoms in total. The molecule has 1 aliphatic rings. The summed E-state index contributed by atoms with van der Waals surface area (Å²) in [4.78, 5) is 8.64. The number of aryl methyl sites for hydroxylation is 1. The van der Waals surface area contributed by atoms with E-state index in [9.17, 15) is 0 Å². The van der Waals surface area contributed by atoms with E-state index < -0.39 is 0 Å². The molecule has 2 rings (SSSR count). The molecule has 0 amide bonds. The van der Waals surface area contributed by atoms with Crippen molar-refractivity contribution in [2.45, 2.75) is 32.1 Å². The van der Waals surface area contributed by atoms with Gasteiger partial charge in [-0.2, -0.15) is 0 Å². The summed E-state index contributed by atoms with van der Waals surface area (Å²) in [5.74, 6) is 0.679. The van der Waals surface area contributed by atoms with Gasteiger partial charge in [-0.25, -0.2) is 0 Å². The van der Waals surface area contributed by atoms with Gasteiger partial charge in [0.15, 0.2) is 0 Å². The van der Waals surface area contributed by atoms with Crippen molar-refractivity contribution in [3.63, 3.8) is 0 Å². The van der Waals surface area contributed by atoms with Crippen molar-refractivity contribution in [3.8, 4) is 0 Å². The Labute approximate surface area is 66.7 Å². The molecule has 0 bridgehead atoms. The molecule has 0 aliphatic heterocycles. The maximum Gasteiger partial charge on any atom is 0.0649 e. The van der Waals surface area contributed by atoms with Crippen LogP contribution < -0.4 is 0 Å². The highest BCUT2D eigenvalue weighted by Gasteiger charge is 2.22. The van der Waals surface area contributed by atoms with Crippen LogP contribution in [-0.4, -0.2) is 9.97 Å². The molecule has 58 valence electrons. The lowest BCUT2D eigenvalue weighted by atomic mass is 10.1. The number of hydrogen-bond acceptors (Lipinski definition) is 2. The number of nitrogens with zero attached hydrogens (tertiary/aromatic N) is 2. The van der Waals surface area contributed by atoms with E-state index in [1.807, 2.05) is 0 Å². The van der Waals surface area contributed by atoms with Gasteiger partial charge in [0.2, 0.25) is 0 Å². The summed E-state index contributed by atoms with van der Waals surface area (Å²) in [6.07, 6.45) is 7.16. The van der Waals surface area contributed by atoms with Crippen molar-refractivity contribution < 1.29 is 0 Å². The standard InChI is InChI=1S/C9H12N2/c1-2-7-3-4-8-9(7)11-6-5-10-8/h5-7H,2-4H2,1H3/t7-/m1/s1. The summed E-state index contributed by atoms with van der Waals surface area (Å²) in [7, 11) is 0. The monoisotopic (exact) mass is 148 g/mol. The van der Waals surface area contributed by atoms with E-state index in [0.717, 1.165) is 6.42 Å². The summed E-state index contributed by atoms with van der Waals surface area (Å²) in [5, 5.41) is 0. The van der Waals surface area contributed by atoms with E-state index in [1.165, 1.54) is 24.2 Å². The first-order chi connectivity index (χ1) is 5.42. The Morgan fingerprint density at radius 1 is 1.45 bits per heavy atom. The highest BCUT2D eigenvalue weighted by atomic mass is 14.8. The largest absolute Gasteiger partial charge is 0.258 e. The van der Waals surface area contributed by atoms with E-state index in [2.05, 4.69) is 16.9 Å². The molecule has 0 aromatic carbocycles. The second kappa shape index (κ2) is 2.61. The van der Waals surface area contributed by atoms with Gasteiger partial charge in [-0.3, -0.25) is 9.97 Å². The fraction of sp³-hybridized carbons (Fsp3) is 0.556. The van der Waals surface area contributed by atoms with Crippen molar-refractivity contribution in [2.24, 2.45) is 0 Å². The molecule has 11 heavy (non-hydrogen) atoms. The minimum atomic E-state index is 0.679. The molecule has 2 heteroatoms. The van der Waals surface area contributed by atoms with Crippen LogP contribution >= 0.6 is 0 Å². The summed E-state index contributed by atoms with van der Waals surface area (Å²) < 4.78 is 0. The molecule has 0 fully saturated rings. The summed E-state index contributed by atoms with van der Waals surface area (Å²) in [6, 6.07) is 0. The summed E-state index contributed by atoms with van der Waals surface area (Å²) in [5.41, 5.74) is 2.47. The topological polar surface area (TPSA) is 25.8 Å². The minimum Gasteiger partial charge on any atom is -0.258 e. The van der Waals surface area contributed by atoms with E-state index >= 15 is 0 Å². The van der Waals surface area contributed by atoms with Gasteiger partial charge in [0.1, 0.15) is 0 Å². The van der Waals surface area contributed by atoms with Gasteiger partial charge in [-0.15, -0.1) is 0 Å². The van der Waals surface area contributed by atoms with Gasteiger partial charge < -0.3 is 0 Å². The van der Waals surface area contributed by atoms with Crippen molar-refractivity contribution in [3.05, 3.63) is 23.8 Å². The normalized spacial score (nSPS) is 21.7. The second-order valence-electron chi connectivity index (χ2n) is 3.03. The Balaban J connectivity index is 2.39. The number of hydrogen-bond donors (Lipinski definition) is 0. The van der Waals surface area contributed by atoms with Crippen LogP contribution in [0.2, 0.25) is 0 Å². The first kappa shape index (κ1) is 6.77. The zero-order chi connectivity index (χ0) is 7.68. The molecule has 0 radical (unpaired) electrons. The molecule has 1 aromatic heterocycles. The summed E-state index contributed by atoms with van der Waals surface area (Å²) >= 11 is 0. The van der Waals surface area contributed by atoms with Gasteiger partial charge >= 0.3 is 0 Å². The fourth-order valence-corrected chi connectivity index (χ4v) is 1.76. The smallest absolute Gasteiger partial charge is 0.0649 e. The van der Waals surface area contributed by atoms with Crippen LogP contribution in [0.3, 0.4) is 0 Å². The van der Waals surface area contributed by atoms with Gasteiger partial charge in [0, 0.05) is 18.3 Å². The zero-order valence-electron chi connectivity index (χ0n) is 6.75. The number of fused-ring (bicyclic) bond motifs is 1. The molecule has 0 saturated carbocycles. The Bertz CT molecular complexity index is 257. The third-order valence-corrected chi connectivity index (χ3v) is 2.42. The maximum absolute atomic E-state index is 4.35. The first-order valence-corrected chi connectivity index (χ1v) is 4.21. The van der Waals surface area contributed by atoms with Gasteiger partial charge in [0.05, 0.1) is 11.4 Å². The number of aromatic nitrogens is 2. The molecule has 0 N–H and O–H groups in total. The van der Waals surface area contributed by atoms with E-state index in [1.54, 1.807) is 12.4 Å². The minimum absolute atomic E-state index is 0.679. The lowest BCUT2D eigenvalue weighted by Crippen LogP contribution is -1.95. The van der Waals surface area contributed by atoms with Crippen molar-refractivity contribution >= 4 is 0 Å². The van der Waals surface area contributed by atoms with Crippen molar-refractivity contribution in [1.29, 1.82) is 0 Å². The molecule has 1 atom stereocenters. The van der Waals surface area contributed by atoms with Gasteiger partial charge in [-0.05, 0) is 19.3 Å². The highest BCUT2D eigenvalue weighted by Crippen LogP contribution is 2.31. The SMILES string of the molecule is CC[C@@H]1CCc2nccnc21. The Hall–Kier alpha value is -0.920. The molecule has 1 heterocycles. The van der Waals surface area contributed by atoms with E-state index in [-0.39, 0.29) is 0 Å². The highest BCUT2D eigenvalue weighted by molar-refractivity contribution is 5.21. The molecular formula is C9H12N2. The Morgan fingerprint density at radius 2 is 2.27 bits per heavy atom. The van der Waals surface area contributed by atoms with Crippen LogP contribution in [-0.2, 0) is 6.42 Å². The van der Waals surface area contributed by atoms with Crippen LogP contribution in [0.15, 0.2) is 12.4 Å². The average Bonchev–Trinajstić information content (AvgIpc) is 2.47. The predicted molar refractivity (Wildman–Crippen MR) is 43.4 cm³/mol. The number of rotatable bonds is 1. The molecule has 0 unspecified atom stereocenters. The lowest BCUT2D eigenvalue weighted by molar-refractivity contribution is 0.643. The van der Waals surface area contributed by atoms with Gasteiger partial charge in [0.25, 0.3) is 0 Å². The molecule has 0 saturated heterocycles. The summed E-state index contributed by atoms with van der Waals surface area (Å²) in [6.45, 7) is 2.22. The third-order valence-electron chi connectivity index (χ3n) is 2.42. The quantitative estimate of drug-likeness (QED) is 0.608. The third kappa shape index (κ3) is 1.02. The van der Waals surface area contributed by atoms with Crippen LogP contribution in [0.4, 0.5) is 0 Å².